The number of nitrogens with two attached hydrogens (primary N) is 1. The molecule has 15 heavy (non-hydrogen) atoms. The third kappa shape index (κ3) is 3.30. The van der Waals surface area contributed by atoms with E-state index in [9.17, 15) is 0 Å². The van der Waals surface area contributed by atoms with E-state index in [-0.39, 0.29) is 0 Å². The summed E-state index contributed by atoms with van der Waals surface area (Å²) in [4.78, 5) is 1.47. The number of hydrogen-bond acceptors (Lipinski definition) is 2. The second-order valence-electron chi connectivity index (χ2n) is 4.49. The zero-order valence-electron chi connectivity index (χ0n) is 10.2. The highest BCUT2D eigenvalue weighted by molar-refractivity contribution is 8.03. The maximum absolute atomic E-state index is 5.80. The Morgan fingerprint density at radius 2 is 2.13 bits per heavy atom. The van der Waals surface area contributed by atoms with Crippen LogP contribution in [0.25, 0.3) is 0 Å². The van der Waals surface area contributed by atoms with Gasteiger partial charge in [-0.2, -0.15) is 0 Å². The van der Waals surface area contributed by atoms with E-state index in [1.54, 1.807) is 0 Å². The first kappa shape index (κ1) is 12.7. The van der Waals surface area contributed by atoms with Crippen molar-refractivity contribution in [3.8, 4) is 0 Å². The molecule has 0 aliphatic heterocycles. The van der Waals surface area contributed by atoms with Gasteiger partial charge >= 0.3 is 0 Å². The van der Waals surface area contributed by atoms with Crippen molar-refractivity contribution in [1.82, 2.24) is 0 Å². The molecule has 0 aromatic heterocycles. The van der Waals surface area contributed by atoms with Gasteiger partial charge in [0.05, 0.1) is 0 Å². The van der Waals surface area contributed by atoms with E-state index in [0.29, 0.717) is 5.92 Å². The highest BCUT2D eigenvalue weighted by Crippen LogP contribution is 2.41. The molecule has 86 valence electrons. The molecule has 1 aliphatic carbocycles. The summed E-state index contributed by atoms with van der Waals surface area (Å²) in [5, 5.41) is 0.836. The van der Waals surface area contributed by atoms with Gasteiger partial charge in [-0.15, -0.1) is 11.8 Å². The van der Waals surface area contributed by atoms with Gasteiger partial charge in [-0.25, -0.2) is 0 Å². The maximum Gasteiger partial charge on any atom is 0.0278 e. The lowest BCUT2D eigenvalue weighted by Gasteiger charge is -2.29. The van der Waals surface area contributed by atoms with Gasteiger partial charge in [-0.1, -0.05) is 26.8 Å². The van der Waals surface area contributed by atoms with Gasteiger partial charge in [0.2, 0.25) is 0 Å². The van der Waals surface area contributed by atoms with Crippen molar-refractivity contribution in [2.24, 2.45) is 11.7 Å². The molecule has 0 radical (unpaired) electrons. The summed E-state index contributed by atoms with van der Waals surface area (Å²) in [7, 11) is 0. The van der Waals surface area contributed by atoms with Gasteiger partial charge < -0.3 is 5.73 Å². The van der Waals surface area contributed by atoms with Crippen LogP contribution in [0.2, 0.25) is 0 Å². The first-order valence-electron chi connectivity index (χ1n) is 5.88. The fraction of sp³-hybridized carbons (Fsp3) is 0.692. The normalized spacial score (nSPS) is 20.5. The van der Waals surface area contributed by atoms with Crippen LogP contribution in [0.5, 0.6) is 0 Å². The lowest BCUT2D eigenvalue weighted by molar-refractivity contribution is 0.521. The molecule has 1 atom stereocenters. The second-order valence-corrected chi connectivity index (χ2v) is 5.84. The minimum Gasteiger partial charge on any atom is -0.399 e. The molecule has 1 aliphatic rings. The molecule has 0 saturated heterocycles. The summed E-state index contributed by atoms with van der Waals surface area (Å²) in [5.74, 6) is 0.621. The topological polar surface area (TPSA) is 26.0 Å². The van der Waals surface area contributed by atoms with Crippen molar-refractivity contribution in [1.29, 1.82) is 0 Å². The minimum absolute atomic E-state index is 0.621. The average Bonchev–Trinajstić information content (AvgIpc) is 2.14. The van der Waals surface area contributed by atoms with Gasteiger partial charge in [-0.3, -0.25) is 0 Å². The summed E-state index contributed by atoms with van der Waals surface area (Å²) >= 11 is 2.04. The van der Waals surface area contributed by atoms with E-state index in [0.717, 1.165) is 10.9 Å². The Bertz CT molecular complexity index is 264. The smallest absolute Gasteiger partial charge is 0.0278 e. The fourth-order valence-electron chi connectivity index (χ4n) is 1.59. The highest BCUT2D eigenvalue weighted by atomic mass is 32.2. The van der Waals surface area contributed by atoms with E-state index >= 15 is 0 Å². The Morgan fingerprint density at radius 3 is 2.47 bits per heavy atom. The molecule has 0 spiro atoms. The van der Waals surface area contributed by atoms with Gasteiger partial charge in [0.25, 0.3) is 0 Å². The molecule has 0 amide bonds. The molecule has 1 fully saturated rings. The third-order valence-electron chi connectivity index (χ3n) is 3.26. The van der Waals surface area contributed by atoms with Gasteiger partial charge in [0.15, 0.2) is 0 Å². The SMILES string of the molecule is C=C(N)/C(C)=C(/SC1CCC1)C(C)CC. The van der Waals surface area contributed by atoms with Crippen LogP contribution in [0.1, 0.15) is 46.5 Å². The fourth-order valence-corrected chi connectivity index (χ4v) is 3.22. The van der Waals surface area contributed by atoms with Crippen molar-refractivity contribution in [2.75, 3.05) is 0 Å². The molecule has 0 heterocycles. The first-order valence-corrected chi connectivity index (χ1v) is 6.76. The largest absolute Gasteiger partial charge is 0.399 e. The molecule has 0 bridgehead atoms. The van der Waals surface area contributed by atoms with Crippen LogP contribution < -0.4 is 5.73 Å². The Balaban J connectivity index is 2.75. The van der Waals surface area contributed by atoms with Gasteiger partial charge in [0.1, 0.15) is 0 Å². The van der Waals surface area contributed by atoms with Crippen molar-refractivity contribution < 1.29 is 0 Å². The molecule has 1 rings (SSSR count). The Labute approximate surface area is 98.2 Å². The van der Waals surface area contributed by atoms with Crippen LogP contribution in [0.4, 0.5) is 0 Å². The van der Waals surface area contributed by atoms with Crippen LogP contribution in [-0.4, -0.2) is 5.25 Å². The molecule has 1 unspecified atom stereocenters. The predicted molar refractivity (Wildman–Crippen MR) is 70.7 cm³/mol. The Kier molecular flexibility index (Phi) is 4.78. The van der Waals surface area contributed by atoms with Crippen LogP contribution in [0.15, 0.2) is 22.8 Å². The average molecular weight is 225 g/mol. The summed E-state index contributed by atoms with van der Waals surface area (Å²) < 4.78 is 0. The van der Waals surface area contributed by atoms with Crippen molar-refractivity contribution >= 4 is 11.8 Å². The Morgan fingerprint density at radius 1 is 1.53 bits per heavy atom. The number of thioether (sulfide) groups is 1. The highest BCUT2D eigenvalue weighted by Gasteiger charge is 2.22. The maximum atomic E-state index is 5.80. The first-order chi connectivity index (χ1) is 7.06. The summed E-state index contributed by atoms with van der Waals surface area (Å²) in [6, 6.07) is 0. The van der Waals surface area contributed by atoms with Crippen molar-refractivity contribution in [2.45, 2.75) is 51.7 Å². The van der Waals surface area contributed by atoms with Crippen LogP contribution >= 0.6 is 11.8 Å². The second kappa shape index (κ2) is 5.64. The zero-order valence-corrected chi connectivity index (χ0v) is 11.0. The number of allylic oxidation sites excluding steroid dienone is 2. The minimum atomic E-state index is 0.621. The zero-order chi connectivity index (χ0) is 11.4. The quantitative estimate of drug-likeness (QED) is 0.714. The summed E-state index contributed by atoms with van der Waals surface area (Å²) in [6.07, 6.45) is 5.32. The number of hydrogen-bond donors (Lipinski definition) is 1. The van der Waals surface area contributed by atoms with E-state index in [2.05, 4.69) is 27.4 Å². The molecular formula is C13H23NS. The lowest BCUT2D eigenvalue weighted by atomic mass is 10.00. The van der Waals surface area contributed by atoms with Crippen LogP contribution in [-0.2, 0) is 0 Å². The summed E-state index contributed by atoms with van der Waals surface area (Å²) in [6.45, 7) is 10.5. The summed E-state index contributed by atoms with van der Waals surface area (Å²) in [5.41, 5.74) is 7.74. The van der Waals surface area contributed by atoms with Crippen LogP contribution in [0.3, 0.4) is 0 Å². The van der Waals surface area contributed by atoms with E-state index < -0.39 is 0 Å². The van der Waals surface area contributed by atoms with Gasteiger partial charge in [-0.05, 0) is 42.6 Å². The molecule has 1 saturated carbocycles. The van der Waals surface area contributed by atoms with Crippen molar-refractivity contribution in [3.05, 3.63) is 22.8 Å². The third-order valence-corrected chi connectivity index (χ3v) is 5.02. The van der Waals surface area contributed by atoms with E-state index in [1.165, 1.54) is 36.2 Å². The molecule has 0 aromatic carbocycles. The predicted octanol–water partition coefficient (Wildman–Crippen LogP) is 4.06. The molecule has 1 nitrogen and oxygen atoms in total. The van der Waals surface area contributed by atoms with Crippen molar-refractivity contribution in [3.63, 3.8) is 0 Å². The van der Waals surface area contributed by atoms with Crippen LogP contribution in [0, 0.1) is 5.92 Å². The monoisotopic (exact) mass is 225 g/mol. The van der Waals surface area contributed by atoms with Gasteiger partial charge in [0, 0.05) is 10.9 Å². The molecular weight excluding hydrogens is 202 g/mol. The molecule has 2 heteroatoms. The molecule has 2 N–H and O–H groups in total. The number of rotatable bonds is 5. The molecule has 0 aromatic rings. The lowest BCUT2D eigenvalue weighted by Crippen LogP contribution is -2.16. The Hall–Kier alpha value is -0.370. The van der Waals surface area contributed by atoms with E-state index in [4.69, 9.17) is 5.73 Å². The van der Waals surface area contributed by atoms with E-state index in [1.807, 2.05) is 11.8 Å². The standard InChI is InChI=1S/C13H23NS/c1-5-9(2)13(10(3)11(4)14)15-12-7-6-8-12/h9,12H,4-8,14H2,1-3H3/b13-10+.